The van der Waals surface area contributed by atoms with Crippen LogP contribution < -0.4 is 10.6 Å². The number of hydrogen-bond donors (Lipinski definition) is 2. The highest BCUT2D eigenvalue weighted by atomic mass is 32.2. The molecule has 2 amide bonds. The molecule has 3 rings (SSSR count). The van der Waals surface area contributed by atoms with Crippen LogP contribution in [0.4, 0.5) is 5.69 Å². The van der Waals surface area contributed by atoms with Crippen LogP contribution in [0.2, 0.25) is 0 Å². The van der Waals surface area contributed by atoms with Gasteiger partial charge in [0.2, 0.25) is 5.91 Å². The number of hydrogen-bond acceptors (Lipinski definition) is 4. The summed E-state index contributed by atoms with van der Waals surface area (Å²) in [7, 11) is 0. The Morgan fingerprint density at radius 2 is 1.72 bits per heavy atom. The summed E-state index contributed by atoms with van der Waals surface area (Å²) in [5.74, 6) is 0.809. The highest BCUT2D eigenvalue weighted by Crippen LogP contribution is 2.25. The van der Waals surface area contributed by atoms with E-state index in [1.54, 1.807) is 17.8 Å². The summed E-state index contributed by atoms with van der Waals surface area (Å²) in [6.45, 7) is 0.771. The van der Waals surface area contributed by atoms with E-state index in [0.29, 0.717) is 17.2 Å². The zero-order chi connectivity index (χ0) is 20.5. The summed E-state index contributed by atoms with van der Waals surface area (Å²) in [4.78, 5) is 27.0. The Morgan fingerprint density at radius 1 is 1.00 bits per heavy atom. The molecule has 4 nitrogen and oxygen atoms in total. The van der Waals surface area contributed by atoms with E-state index in [-0.39, 0.29) is 11.8 Å². The molecular weight excluding hydrogens is 400 g/mol. The summed E-state index contributed by atoms with van der Waals surface area (Å²) in [6, 6.07) is 15.2. The molecule has 2 N–H and O–H groups in total. The average molecular weight is 429 g/mol. The standard InChI is InChI=1S/C23H28N2O2S2/c1-28-19-13-11-18(12-14-19)25-23(27)20-9-5-6-10-21(20)29-16-22(26)24-15-17-7-3-2-4-8-17/h5-6,9-14,17H,2-4,7-8,15-16H2,1H3,(H,24,26)(H,25,27). The van der Waals surface area contributed by atoms with Crippen LogP contribution in [0, 0.1) is 5.92 Å². The van der Waals surface area contributed by atoms with Crippen molar-refractivity contribution in [1.29, 1.82) is 0 Å². The molecule has 2 aromatic rings. The molecule has 154 valence electrons. The lowest BCUT2D eigenvalue weighted by Crippen LogP contribution is -2.31. The van der Waals surface area contributed by atoms with Gasteiger partial charge in [0, 0.05) is 22.0 Å². The summed E-state index contributed by atoms with van der Waals surface area (Å²) in [5, 5.41) is 6.00. The third kappa shape index (κ3) is 6.82. The Labute approximate surface area is 181 Å². The number of rotatable bonds is 8. The Kier molecular flexibility index (Phi) is 8.50. The van der Waals surface area contributed by atoms with E-state index in [4.69, 9.17) is 0 Å². The van der Waals surface area contributed by atoms with Gasteiger partial charge in [0.15, 0.2) is 0 Å². The van der Waals surface area contributed by atoms with Gasteiger partial charge in [0.05, 0.1) is 11.3 Å². The van der Waals surface area contributed by atoms with Crippen molar-refractivity contribution in [2.24, 2.45) is 5.92 Å². The molecular formula is C23H28N2O2S2. The Morgan fingerprint density at radius 3 is 2.45 bits per heavy atom. The normalized spacial score (nSPS) is 14.4. The van der Waals surface area contributed by atoms with Gasteiger partial charge < -0.3 is 10.6 Å². The van der Waals surface area contributed by atoms with Gasteiger partial charge in [0.25, 0.3) is 5.91 Å². The lowest BCUT2D eigenvalue weighted by Gasteiger charge is -2.21. The third-order valence-electron chi connectivity index (χ3n) is 5.15. The summed E-state index contributed by atoms with van der Waals surface area (Å²) < 4.78 is 0. The lowest BCUT2D eigenvalue weighted by molar-refractivity contribution is -0.118. The minimum absolute atomic E-state index is 0.0310. The smallest absolute Gasteiger partial charge is 0.256 e. The Hall–Kier alpha value is -1.92. The second kappa shape index (κ2) is 11.3. The first-order chi connectivity index (χ1) is 14.2. The monoisotopic (exact) mass is 428 g/mol. The van der Waals surface area contributed by atoms with Crippen molar-refractivity contribution in [2.45, 2.75) is 41.9 Å². The van der Waals surface area contributed by atoms with Crippen molar-refractivity contribution in [1.82, 2.24) is 5.32 Å². The van der Waals surface area contributed by atoms with Gasteiger partial charge in [-0.15, -0.1) is 23.5 Å². The predicted molar refractivity (Wildman–Crippen MR) is 123 cm³/mol. The molecule has 0 atom stereocenters. The van der Waals surface area contributed by atoms with E-state index >= 15 is 0 Å². The SMILES string of the molecule is CSc1ccc(NC(=O)c2ccccc2SCC(=O)NCC2CCCCC2)cc1. The zero-order valence-corrected chi connectivity index (χ0v) is 18.4. The highest BCUT2D eigenvalue weighted by molar-refractivity contribution is 8.00. The fourth-order valence-electron chi connectivity index (χ4n) is 3.50. The molecule has 0 unspecified atom stereocenters. The first kappa shape index (κ1) is 21.8. The molecule has 29 heavy (non-hydrogen) atoms. The Bertz CT molecular complexity index is 818. The van der Waals surface area contributed by atoms with Crippen molar-refractivity contribution in [2.75, 3.05) is 23.9 Å². The molecule has 2 aromatic carbocycles. The minimum Gasteiger partial charge on any atom is -0.355 e. The predicted octanol–water partition coefficient (Wildman–Crippen LogP) is 5.45. The molecule has 1 fully saturated rings. The van der Waals surface area contributed by atoms with E-state index in [2.05, 4.69) is 10.6 Å². The van der Waals surface area contributed by atoms with Crippen LogP contribution in [-0.4, -0.2) is 30.4 Å². The van der Waals surface area contributed by atoms with Gasteiger partial charge in [-0.1, -0.05) is 31.4 Å². The molecule has 1 saturated carbocycles. The van der Waals surface area contributed by atoms with Crippen molar-refractivity contribution < 1.29 is 9.59 Å². The lowest BCUT2D eigenvalue weighted by atomic mass is 9.89. The number of thioether (sulfide) groups is 2. The highest BCUT2D eigenvalue weighted by Gasteiger charge is 2.16. The number of amides is 2. The molecule has 0 bridgehead atoms. The van der Waals surface area contributed by atoms with Crippen molar-refractivity contribution in [3.05, 3.63) is 54.1 Å². The summed E-state index contributed by atoms with van der Waals surface area (Å²) in [5.41, 5.74) is 1.35. The molecule has 0 saturated heterocycles. The van der Waals surface area contributed by atoms with E-state index < -0.39 is 0 Å². The van der Waals surface area contributed by atoms with Gasteiger partial charge >= 0.3 is 0 Å². The molecule has 1 aliphatic carbocycles. The summed E-state index contributed by atoms with van der Waals surface area (Å²) in [6.07, 6.45) is 8.32. The van der Waals surface area contributed by atoms with Crippen LogP contribution in [0.5, 0.6) is 0 Å². The number of carbonyl (C=O) groups is 2. The van der Waals surface area contributed by atoms with Crippen LogP contribution >= 0.6 is 23.5 Å². The molecule has 0 heterocycles. The maximum absolute atomic E-state index is 12.7. The second-order valence-electron chi connectivity index (χ2n) is 7.28. The maximum atomic E-state index is 12.7. The van der Waals surface area contributed by atoms with Gasteiger partial charge in [0.1, 0.15) is 0 Å². The molecule has 6 heteroatoms. The molecule has 1 aliphatic rings. The van der Waals surface area contributed by atoms with E-state index in [9.17, 15) is 9.59 Å². The number of nitrogens with one attached hydrogen (secondary N) is 2. The third-order valence-corrected chi connectivity index (χ3v) is 6.97. The van der Waals surface area contributed by atoms with Gasteiger partial charge in [-0.2, -0.15) is 0 Å². The van der Waals surface area contributed by atoms with E-state index in [1.807, 2.05) is 48.7 Å². The molecule has 0 spiro atoms. The number of benzene rings is 2. The first-order valence-corrected chi connectivity index (χ1v) is 12.3. The second-order valence-corrected chi connectivity index (χ2v) is 9.17. The molecule has 0 radical (unpaired) electrons. The van der Waals surface area contributed by atoms with Crippen LogP contribution in [-0.2, 0) is 4.79 Å². The van der Waals surface area contributed by atoms with Crippen LogP contribution in [0.25, 0.3) is 0 Å². The largest absolute Gasteiger partial charge is 0.355 e. The molecule has 0 aliphatic heterocycles. The average Bonchev–Trinajstić information content (AvgIpc) is 2.77. The van der Waals surface area contributed by atoms with Gasteiger partial charge in [-0.3, -0.25) is 9.59 Å². The van der Waals surface area contributed by atoms with Crippen molar-refractivity contribution in [3.63, 3.8) is 0 Å². The van der Waals surface area contributed by atoms with Crippen molar-refractivity contribution >= 4 is 41.0 Å². The molecule has 0 aromatic heterocycles. The van der Waals surface area contributed by atoms with Crippen LogP contribution in [0.1, 0.15) is 42.5 Å². The van der Waals surface area contributed by atoms with Gasteiger partial charge in [-0.05, 0) is 61.4 Å². The van der Waals surface area contributed by atoms with Crippen LogP contribution in [0.3, 0.4) is 0 Å². The number of anilines is 1. The fraction of sp³-hybridized carbons (Fsp3) is 0.391. The van der Waals surface area contributed by atoms with Crippen molar-refractivity contribution in [3.8, 4) is 0 Å². The summed E-state index contributed by atoms with van der Waals surface area (Å²) >= 11 is 3.07. The van der Waals surface area contributed by atoms with Gasteiger partial charge in [-0.25, -0.2) is 0 Å². The fourth-order valence-corrected chi connectivity index (χ4v) is 4.78. The number of carbonyl (C=O) groups excluding carboxylic acids is 2. The maximum Gasteiger partial charge on any atom is 0.256 e. The Balaban J connectivity index is 1.53. The topological polar surface area (TPSA) is 58.2 Å². The first-order valence-electron chi connectivity index (χ1n) is 10.1. The minimum atomic E-state index is -0.160. The quantitative estimate of drug-likeness (QED) is 0.549. The van der Waals surface area contributed by atoms with E-state index in [1.165, 1.54) is 43.9 Å². The zero-order valence-electron chi connectivity index (χ0n) is 16.8. The van der Waals surface area contributed by atoms with E-state index in [0.717, 1.165) is 22.0 Å². The van der Waals surface area contributed by atoms with Crippen LogP contribution in [0.15, 0.2) is 58.3 Å².